The Morgan fingerprint density at radius 1 is 1.14 bits per heavy atom. The van der Waals surface area contributed by atoms with Crippen LogP contribution in [0.3, 0.4) is 0 Å². The fourth-order valence-corrected chi connectivity index (χ4v) is 2.75. The summed E-state index contributed by atoms with van der Waals surface area (Å²) in [5, 5.41) is 1.40. The van der Waals surface area contributed by atoms with Gasteiger partial charge in [-0.2, -0.15) is 15.0 Å². The zero-order chi connectivity index (χ0) is 15.0. The van der Waals surface area contributed by atoms with Gasteiger partial charge in [-0.05, 0) is 48.0 Å². The van der Waals surface area contributed by atoms with Gasteiger partial charge >= 0.3 is 0 Å². The van der Waals surface area contributed by atoms with Crippen molar-refractivity contribution < 1.29 is 0 Å². The Kier molecular flexibility index (Phi) is 3.69. The van der Waals surface area contributed by atoms with Crippen LogP contribution in [-0.2, 0) is 0 Å². The number of aryl methyl sites for hydroxylation is 1. The smallest absolute Gasteiger partial charge is 0.230 e. The van der Waals surface area contributed by atoms with Crippen molar-refractivity contribution in [3.8, 4) is 0 Å². The summed E-state index contributed by atoms with van der Waals surface area (Å²) in [6, 6.07) is 6.07. The van der Waals surface area contributed by atoms with E-state index in [1.807, 2.05) is 33.2 Å². The minimum absolute atomic E-state index is 0.170. The lowest BCUT2D eigenvalue weighted by Crippen LogP contribution is -2.13. The molecule has 2 heterocycles. The standard InChI is InChI=1S/C13H13ClN6S/c1-7-4-5-8-9(6-7)16-12(15-8)21-13-18-10(14)17-11(19-13)20(2)3/h4-6H,1-3H3,(H,15,16). The Morgan fingerprint density at radius 2 is 1.95 bits per heavy atom. The van der Waals surface area contributed by atoms with Gasteiger partial charge in [-0.15, -0.1) is 0 Å². The Hall–Kier alpha value is -1.86. The Morgan fingerprint density at radius 3 is 2.71 bits per heavy atom. The van der Waals surface area contributed by atoms with E-state index in [-0.39, 0.29) is 5.28 Å². The SMILES string of the molecule is Cc1ccc2nc(Sc3nc(Cl)nc(N(C)C)n3)[nH]c2c1. The maximum Gasteiger partial charge on any atom is 0.230 e. The third-order valence-corrected chi connectivity index (χ3v) is 3.70. The average molecular weight is 321 g/mol. The first-order valence-electron chi connectivity index (χ1n) is 6.24. The number of imidazole rings is 1. The summed E-state index contributed by atoms with van der Waals surface area (Å²) in [4.78, 5) is 22.0. The van der Waals surface area contributed by atoms with Crippen molar-refractivity contribution >= 4 is 40.3 Å². The number of rotatable bonds is 3. The van der Waals surface area contributed by atoms with Crippen LogP contribution in [0.25, 0.3) is 11.0 Å². The highest BCUT2D eigenvalue weighted by Crippen LogP contribution is 2.26. The van der Waals surface area contributed by atoms with Crippen molar-refractivity contribution in [1.29, 1.82) is 0 Å². The minimum atomic E-state index is 0.170. The van der Waals surface area contributed by atoms with Crippen LogP contribution < -0.4 is 4.90 Å². The molecule has 0 radical (unpaired) electrons. The van der Waals surface area contributed by atoms with Crippen LogP contribution in [0.2, 0.25) is 5.28 Å². The molecule has 0 aliphatic carbocycles. The molecule has 3 rings (SSSR count). The molecular formula is C13H13ClN6S. The van der Waals surface area contributed by atoms with Crippen molar-refractivity contribution in [2.75, 3.05) is 19.0 Å². The molecule has 0 amide bonds. The van der Waals surface area contributed by atoms with Crippen molar-refractivity contribution in [1.82, 2.24) is 24.9 Å². The van der Waals surface area contributed by atoms with Gasteiger partial charge < -0.3 is 9.88 Å². The summed E-state index contributed by atoms with van der Waals surface area (Å²) in [5.74, 6) is 0.518. The molecule has 0 spiro atoms. The first kappa shape index (κ1) is 14.1. The van der Waals surface area contributed by atoms with Crippen molar-refractivity contribution in [2.24, 2.45) is 0 Å². The second-order valence-corrected chi connectivity index (χ2v) is 6.04. The van der Waals surface area contributed by atoms with Crippen molar-refractivity contribution in [3.05, 3.63) is 29.0 Å². The molecule has 0 saturated carbocycles. The van der Waals surface area contributed by atoms with E-state index >= 15 is 0 Å². The third kappa shape index (κ3) is 3.08. The molecule has 0 aliphatic heterocycles. The van der Waals surface area contributed by atoms with E-state index in [1.165, 1.54) is 17.3 Å². The van der Waals surface area contributed by atoms with E-state index < -0.39 is 0 Å². The van der Waals surface area contributed by atoms with Crippen LogP contribution in [0.15, 0.2) is 28.5 Å². The second kappa shape index (κ2) is 5.50. The number of hydrogen-bond acceptors (Lipinski definition) is 6. The number of anilines is 1. The fraction of sp³-hybridized carbons (Fsp3) is 0.231. The molecule has 0 atom stereocenters. The number of H-pyrrole nitrogens is 1. The normalized spacial score (nSPS) is 11.0. The Bertz CT molecular complexity index is 800. The maximum absolute atomic E-state index is 5.93. The van der Waals surface area contributed by atoms with E-state index in [1.54, 1.807) is 4.90 Å². The molecule has 0 saturated heterocycles. The lowest BCUT2D eigenvalue weighted by molar-refractivity contribution is 0.862. The van der Waals surface area contributed by atoms with Gasteiger partial charge in [-0.3, -0.25) is 0 Å². The van der Waals surface area contributed by atoms with Gasteiger partial charge in [0.2, 0.25) is 16.4 Å². The van der Waals surface area contributed by atoms with Gasteiger partial charge in [-0.25, -0.2) is 4.98 Å². The molecule has 21 heavy (non-hydrogen) atoms. The van der Waals surface area contributed by atoms with Gasteiger partial charge in [-0.1, -0.05) is 6.07 Å². The molecule has 0 bridgehead atoms. The molecule has 3 aromatic rings. The van der Waals surface area contributed by atoms with E-state index in [2.05, 4.69) is 31.0 Å². The topological polar surface area (TPSA) is 70.6 Å². The Labute approximate surface area is 131 Å². The molecule has 108 valence electrons. The largest absolute Gasteiger partial charge is 0.347 e. The second-order valence-electron chi connectivity index (χ2n) is 4.75. The molecule has 2 aromatic heterocycles. The number of halogens is 1. The predicted molar refractivity (Wildman–Crippen MR) is 84.1 cm³/mol. The number of aromatic nitrogens is 5. The highest BCUT2D eigenvalue weighted by molar-refractivity contribution is 7.99. The number of fused-ring (bicyclic) bond motifs is 1. The van der Waals surface area contributed by atoms with Crippen LogP contribution in [0.4, 0.5) is 5.95 Å². The summed E-state index contributed by atoms with van der Waals surface area (Å²) in [6.07, 6.45) is 0. The highest BCUT2D eigenvalue weighted by Gasteiger charge is 2.11. The molecule has 1 N–H and O–H groups in total. The fourth-order valence-electron chi connectivity index (χ4n) is 1.80. The third-order valence-electron chi connectivity index (χ3n) is 2.78. The summed E-state index contributed by atoms with van der Waals surface area (Å²) < 4.78 is 0. The number of nitrogens with one attached hydrogen (secondary N) is 1. The number of nitrogens with zero attached hydrogens (tertiary/aromatic N) is 5. The zero-order valence-corrected chi connectivity index (χ0v) is 13.3. The van der Waals surface area contributed by atoms with Gasteiger partial charge in [0.1, 0.15) is 0 Å². The van der Waals surface area contributed by atoms with Gasteiger partial charge in [0.05, 0.1) is 11.0 Å². The average Bonchev–Trinajstić information content (AvgIpc) is 2.79. The summed E-state index contributed by atoms with van der Waals surface area (Å²) in [5.41, 5.74) is 3.09. The maximum atomic E-state index is 5.93. The van der Waals surface area contributed by atoms with Crippen LogP contribution >= 0.6 is 23.4 Å². The van der Waals surface area contributed by atoms with Crippen molar-refractivity contribution in [2.45, 2.75) is 17.2 Å². The lowest BCUT2D eigenvalue weighted by Gasteiger charge is -2.10. The molecular weight excluding hydrogens is 308 g/mol. The van der Waals surface area contributed by atoms with Gasteiger partial charge in [0.15, 0.2) is 5.16 Å². The number of hydrogen-bond donors (Lipinski definition) is 1. The van der Waals surface area contributed by atoms with E-state index in [4.69, 9.17) is 11.6 Å². The number of aromatic amines is 1. The quantitative estimate of drug-likeness (QED) is 0.800. The van der Waals surface area contributed by atoms with Gasteiger partial charge in [0.25, 0.3) is 0 Å². The first-order chi connectivity index (χ1) is 10.0. The van der Waals surface area contributed by atoms with E-state index in [0.717, 1.165) is 16.2 Å². The van der Waals surface area contributed by atoms with Crippen molar-refractivity contribution in [3.63, 3.8) is 0 Å². The molecule has 0 fully saturated rings. The summed E-state index contributed by atoms with van der Waals surface area (Å²) in [7, 11) is 3.70. The van der Waals surface area contributed by atoms with Crippen LogP contribution in [0.5, 0.6) is 0 Å². The van der Waals surface area contributed by atoms with Gasteiger partial charge in [0, 0.05) is 14.1 Å². The molecule has 1 aromatic carbocycles. The summed E-state index contributed by atoms with van der Waals surface area (Å²) in [6.45, 7) is 2.04. The minimum Gasteiger partial charge on any atom is -0.347 e. The zero-order valence-electron chi connectivity index (χ0n) is 11.8. The highest BCUT2D eigenvalue weighted by atomic mass is 35.5. The van der Waals surface area contributed by atoms with Crippen LogP contribution in [0.1, 0.15) is 5.56 Å². The monoisotopic (exact) mass is 320 g/mol. The number of benzene rings is 1. The van der Waals surface area contributed by atoms with Crippen LogP contribution in [-0.4, -0.2) is 39.0 Å². The Balaban J connectivity index is 1.94. The van der Waals surface area contributed by atoms with Crippen LogP contribution in [0, 0.1) is 6.92 Å². The van der Waals surface area contributed by atoms with E-state index in [9.17, 15) is 0 Å². The van der Waals surface area contributed by atoms with E-state index in [0.29, 0.717) is 11.1 Å². The molecule has 8 heteroatoms. The first-order valence-corrected chi connectivity index (χ1v) is 7.44. The molecule has 0 aliphatic rings. The molecule has 0 unspecified atom stereocenters. The lowest BCUT2D eigenvalue weighted by atomic mass is 10.2. The molecule has 6 nitrogen and oxygen atoms in total. The summed E-state index contributed by atoms with van der Waals surface area (Å²) >= 11 is 7.25. The predicted octanol–water partition coefficient (Wildman–Crippen LogP) is 2.93.